The summed E-state index contributed by atoms with van der Waals surface area (Å²) in [5, 5.41) is 8.67. The molecule has 1 saturated heterocycles. The van der Waals surface area contributed by atoms with E-state index in [1.807, 2.05) is 6.92 Å². The number of benzene rings is 1. The molecule has 0 bridgehead atoms. The second kappa shape index (κ2) is 12.6. The Kier molecular flexibility index (Phi) is 9.56. The van der Waals surface area contributed by atoms with Crippen molar-refractivity contribution in [1.82, 2.24) is 20.0 Å². The van der Waals surface area contributed by atoms with Gasteiger partial charge in [0.2, 0.25) is 0 Å². The number of anilines is 1. The first-order valence-corrected chi connectivity index (χ1v) is 12.3. The van der Waals surface area contributed by atoms with E-state index in [9.17, 15) is 28.0 Å². The SMILES string of the molecule is CCCCN(C(=O)c1cc(NC(=O)c2cc(F)c(F)cc2Cl)n[nH]1)C1CCN(C(=O)C(=O)OCC)CC1. The van der Waals surface area contributed by atoms with Crippen molar-refractivity contribution in [2.45, 2.75) is 45.6 Å². The predicted molar refractivity (Wildman–Crippen MR) is 130 cm³/mol. The number of hydrogen-bond donors (Lipinski definition) is 2. The number of nitrogens with zero attached hydrogens (tertiary/aromatic N) is 3. The van der Waals surface area contributed by atoms with Gasteiger partial charge in [-0.1, -0.05) is 24.9 Å². The number of rotatable bonds is 8. The van der Waals surface area contributed by atoms with Gasteiger partial charge in [0.1, 0.15) is 5.69 Å². The fourth-order valence-electron chi connectivity index (χ4n) is 4.01. The summed E-state index contributed by atoms with van der Waals surface area (Å²) < 4.78 is 31.6. The zero-order valence-corrected chi connectivity index (χ0v) is 21.2. The smallest absolute Gasteiger partial charge is 0.397 e. The molecular weight excluding hydrogens is 512 g/mol. The molecule has 0 atom stereocenters. The van der Waals surface area contributed by atoms with Gasteiger partial charge in [-0.25, -0.2) is 13.6 Å². The molecule has 2 N–H and O–H groups in total. The number of aromatic amines is 1. The van der Waals surface area contributed by atoms with E-state index in [0.717, 1.165) is 12.8 Å². The van der Waals surface area contributed by atoms with Gasteiger partial charge in [-0.15, -0.1) is 0 Å². The molecule has 1 aliphatic rings. The normalized spacial score (nSPS) is 13.8. The van der Waals surface area contributed by atoms with Crippen LogP contribution in [0.15, 0.2) is 18.2 Å². The van der Waals surface area contributed by atoms with Crippen LogP contribution in [0.2, 0.25) is 5.02 Å². The maximum atomic E-state index is 13.5. The van der Waals surface area contributed by atoms with Crippen molar-refractivity contribution >= 4 is 41.1 Å². The van der Waals surface area contributed by atoms with Crippen molar-refractivity contribution in [3.05, 3.63) is 46.1 Å². The molecule has 0 saturated carbocycles. The zero-order chi connectivity index (χ0) is 27.1. The van der Waals surface area contributed by atoms with E-state index in [0.29, 0.717) is 44.6 Å². The van der Waals surface area contributed by atoms with Crippen LogP contribution in [0.4, 0.5) is 14.6 Å². The summed E-state index contributed by atoms with van der Waals surface area (Å²) in [5.41, 5.74) is -0.169. The van der Waals surface area contributed by atoms with Crippen LogP contribution < -0.4 is 5.32 Å². The lowest BCUT2D eigenvalue weighted by molar-refractivity contribution is -0.160. The number of esters is 1. The van der Waals surface area contributed by atoms with Crippen LogP contribution in [0.5, 0.6) is 0 Å². The molecule has 0 unspecified atom stereocenters. The third-order valence-electron chi connectivity index (χ3n) is 5.96. The maximum absolute atomic E-state index is 13.5. The summed E-state index contributed by atoms with van der Waals surface area (Å²) in [7, 11) is 0. The van der Waals surface area contributed by atoms with E-state index >= 15 is 0 Å². The minimum absolute atomic E-state index is 0.000515. The Bertz CT molecular complexity index is 1170. The molecule has 37 heavy (non-hydrogen) atoms. The van der Waals surface area contributed by atoms with Crippen LogP contribution in [-0.4, -0.2) is 76.0 Å². The number of amides is 3. The van der Waals surface area contributed by atoms with Crippen molar-refractivity contribution in [2.75, 3.05) is 31.6 Å². The first kappa shape index (κ1) is 28.0. The van der Waals surface area contributed by atoms with E-state index < -0.39 is 29.4 Å². The number of unbranched alkanes of at least 4 members (excludes halogenated alkanes) is 1. The molecule has 200 valence electrons. The number of halogens is 3. The van der Waals surface area contributed by atoms with Gasteiger partial charge in [-0.2, -0.15) is 5.10 Å². The standard InChI is InChI=1S/C24H28ClF2N5O5/c1-3-5-8-32(14-6-9-31(10-7-14)23(35)24(36)37-4-2)22(34)19-13-20(30-29-19)28-21(33)15-11-17(26)18(27)12-16(15)25/h11-14H,3-10H2,1-2H3,(H2,28,29,30,33). The number of likely N-dealkylation sites (tertiary alicyclic amines) is 1. The van der Waals surface area contributed by atoms with Crippen molar-refractivity contribution in [2.24, 2.45) is 0 Å². The quantitative estimate of drug-likeness (QED) is 0.301. The second-order valence-electron chi connectivity index (χ2n) is 8.46. The largest absolute Gasteiger partial charge is 0.459 e. The molecule has 1 aliphatic heterocycles. The van der Waals surface area contributed by atoms with Gasteiger partial charge in [0.05, 0.1) is 17.2 Å². The average Bonchev–Trinajstić information content (AvgIpc) is 3.34. The van der Waals surface area contributed by atoms with Crippen molar-refractivity contribution in [3.8, 4) is 0 Å². The van der Waals surface area contributed by atoms with Crippen LogP contribution in [0.3, 0.4) is 0 Å². The first-order valence-electron chi connectivity index (χ1n) is 11.9. The maximum Gasteiger partial charge on any atom is 0.397 e. The van der Waals surface area contributed by atoms with E-state index in [1.54, 1.807) is 11.8 Å². The summed E-state index contributed by atoms with van der Waals surface area (Å²) in [6, 6.07) is 2.54. The lowest BCUT2D eigenvalue weighted by Crippen LogP contribution is -2.50. The molecule has 13 heteroatoms. The number of hydrogen-bond acceptors (Lipinski definition) is 6. The number of ether oxygens (including phenoxy) is 1. The van der Waals surface area contributed by atoms with Crippen LogP contribution in [0, 0.1) is 11.6 Å². The topological polar surface area (TPSA) is 125 Å². The van der Waals surface area contributed by atoms with Crippen LogP contribution in [0.1, 0.15) is 60.4 Å². The molecule has 0 radical (unpaired) electrons. The molecule has 2 aromatic rings. The van der Waals surface area contributed by atoms with Crippen molar-refractivity contribution in [3.63, 3.8) is 0 Å². The van der Waals surface area contributed by atoms with Gasteiger partial charge in [0.25, 0.3) is 11.8 Å². The first-order chi connectivity index (χ1) is 17.7. The Hall–Kier alpha value is -3.54. The van der Waals surface area contributed by atoms with E-state index in [4.69, 9.17) is 16.3 Å². The van der Waals surface area contributed by atoms with Crippen molar-refractivity contribution < 1.29 is 32.7 Å². The number of aromatic nitrogens is 2. The molecular formula is C24H28ClF2N5O5. The van der Waals surface area contributed by atoms with Gasteiger partial charge < -0.3 is 19.9 Å². The lowest BCUT2D eigenvalue weighted by atomic mass is 10.0. The molecule has 2 heterocycles. The number of carbonyl (C=O) groups excluding carboxylic acids is 4. The fraction of sp³-hybridized carbons (Fsp3) is 0.458. The van der Waals surface area contributed by atoms with Gasteiger partial charge in [0.15, 0.2) is 17.5 Å². The highest BCUT2D eigenvalue weighted by Gasteiger charge is 2.33. The molecule has 0 spiro atoms. The Morgan fingerprint density at radius 1 is 1.16 bits per heavy atom. The summed E-state index contributed by atoms with van der Waals surface area (Å²) in [5.74, 6) is -5.16. The summed E-state index contributed by atoms with van der Waals surface area (Å²) in [6.07, 6.45) is 2.56. The van der Waals surface area contributed by atoms with Gasteiger partial charge in [-0.05, 0) is 38.3 Å². The highest BCUT2D eigenvalue weighted by molar-refractivity contribution is 6.34. The van der Waals surface area contributed by atoms with E-state index in [-0.39, 0.29) is 40.7 Å². The molecule has 10 nitrogen and oxygen atoms in total. The number of nitrogens with one attached hydrogen (secondary N) is 2. The summed E-state index contributed by atoms with van der Waals surface area (Å²) in [4.78, 5) is 52.9. The number of piperidine rings is 1. The third kappa shape index (κ3) is 6.82. The predicted octanol–water partition coefficient (Wildman–Crippen LogP) is 3.39. The average molecular weight is 540 g/mol. The Labute approximate surface area is 217 Å². The highest BCUT2D eigenvalue weighted by Crippen LogP contribution is 2.23. The van der Waals surface area contributed by atoms with E-state index in [2.05, 4.69) is 15.5 Å². The van der Waals surface area contributed by atoms with Crippen LogP contribution in [0.25, 0.3) is 0 Å². The molecule has 1 aromatic heterocycles. The lowest BCUT2D eigenvalue weighted by Gasteiger charge is -2.38. The molecule has 3 rings (SSSR count). The molecule has 0 aliphatic carbocycles. The van der Waals surface area contributed by atoms with E-state index in [1.165, 1.54) is 11.0 Å². The Morgan fingerprint density at radius 2 is 1.84 bits per heavy atom. The second-order valence-corrected chi connectivity index (χ2v) is 8.87. The molecule has 3 amide bonds. The van der Waals surface area contributed by atoms with Crippen LogP contribution in [-0.2, 0) is 14.3 Å². The minimum Gasteiger partial charge on any atom is -0.459 e. The van der Waals surface area contributed by atoms with Gasteiger partial charge in [0, 0.05) is 31.7 Å². The number of H-pyrrole nitrogens is 1. The third-order valence-corrected chi connectivity index (χ3v) is 6.27. The Balaban J connectivity index is 1.68. The summed E-state index contributed by atoms with van der Waals surface area (Å²) in [6.45, 7) is 4.81. The molecule has 1 aromatic carbocycles. The Morgan fingerprint density at radius 3 is 2.49 bits per heavy atom. The molecule has 1 fully saturated rings. The monoisotopic (exact) mass is 539 g/mol. The number of carbonyl (C=O) groups is 4. The highest BCUT2D eigenvalue weighted by atomic mass is 35.5. The van der Waals surface area contributed by atoms with Crippen molar-refractivity contribution in [1.29, 1.82) is 0 Å². The minimum atomic E-state index is -1.23. The summed E-state index contributed by atoms with van der Waals surface area (Å²) >= 11 is 5.85. The van der Waals surface area contributed by atoms with Gasteiger partial charge in [-0.3, -0.25) is 19.5 Å². The fourth-order valence-corrected chi connectivity index (χ4v) is 4.25. The van der Waals surface area contributed by atoms with Gasteiger partial charge >= 0.3 is 11.9 Å². The zero-order valence-electron chi connectivity index (χ0n) is 20.5. The van der Waals surface area contributed by atoms with Crippen LogP contribution >= 0.6 is 11.6 Å².